The number of ether oxygens (including phenoxy) is 2. The van der Waals surface area contributed by atoms with Gasteiger partial charge in [-0.3, -0.25) is 4.79 Å². The highest BCUT2D eigenvalue weighted by Gasteiger charge is 2.37. The van der Waals surface area contributed by atoms with Crippen molar-refractivity contribution in [2.24, 2.45) is 5.92 Å². The summed E-state index contributed by atoms with van der Waals surface area (Å²) >= 11 is 0. The van der Waals surface area contributed by atoms with E-state index in [9.17, 15) is 14.4 Å². The van der Waals surface area contributed by atoms with Gasteiger partial charge in [0.15, 0.2) is 0 Å². The van der Waals surface area contributed by atoms with Crippen LogP contribution < -0.4 is 15.4 Å². The normalized spacial score (nSPS) is 15.4. The van der Waals surface area contributed by atoms with Gasteiger partial charge in [-0.2, -0.15) is 0 Å². The third kappa shape index (κ3) is 7.60. The Balaban J connectivity index is 1.37. The summed E-state index contributed by atoms with van der Waals surface area (Å²) < 4.78 is 11.2. The summed E-state index contributed by atoms with van der Waals surface area (Å²) in [6.07, 6.45) is 0.725. The molecule has 0 saturated carbocycles. The van der Waals surface area contributed by atoms with Crippen LogP contribution in [0.15, 0.2) is 109 Å². The minimum Gasteiger partial charge on any atom is -0.493 e. The van der Waals surface area contributed by atoms with Crippen molar-refractivity contribution in [1.82, 2.24) is 10.2 Å². The maximum absolute atomic E-state index is 14.0. The van der Waals surface area contributed by atoms with Crippen LogP contribution in [0.25, 0.3) is 0 Å². The predicted octanol–water partition coefficient (Wildman–Crippen LogP) is 6.01. The molecular weight excluding hydrogens is 542 g/mol. The Labute approximate surface area is 251 Å². The zero-order valence-corrected chi connectivity index (χ0v) is 24.1. The van der Waals surface area contributed by atoms with Gasteiger partial charge in [-0.05, 0) is 48.7 Å². The third-order valence-electron chi connectivity index (χ3n) is 7.36. The van der Waals surface area contributed by atoms with E-state index >= 15 is 0 Å². The van der Waals surface area contributed by atoms with Gasteiger partial charge < -0.3 is 25.0 Å². The largest absolute Gasteiger partial charge is 0.493 e. The molecule has 1 aliphatic heterocycles. The number of amides is 3. The molecule has 8 nitrogen and oxygen atoms in total. The predicted molar refractivity (Wildman–Crippen MR) is 165 cm³/mol. The van der Waals surface area contributed by atoms with Crippen molar-refractivity contribution in [1.29, 1.82) is 0 Å². The second-order valence-electron chi connectivity index (χ2n) is 10.4. The Kier molecular flexibility index (Phi) is 9.69. The molecule has 0 radical (unpaired) electrons. The molecule has 0 spiro atoms. The number of benzene rings is 4. The Hall–Kier alpha value is -5.11. The Bertz CT molecular complexity index is 1540. The molecule has 1 heterocycles. The Morgan fingerprint density at radius 1 is 0.860 bits per heavy atom. The van der Waals surface area contributed by atoms with Gasteiger partial charge in [-0.15, -0.1) is 0 Å². The number of rotatable bonds is 10. The molecule has 0 fully saturated rings. The number of carbonyl (C=O) groups is 3. The van der Waals surface area contributed by atoms with E-state index in [4.69, 9.17) is 9.47 Å². The summed E-state index contributed by atoms with van der Waals surface area (Å²) in [6, 6.07) is 33.5. The fourth-order valence-corrected chi connectivity index (χ4v) is 5.40. The molecule has 5 rings (SSSR count). The lowest BCUT2D eigenvalue weighted by molar-refractivity contribution is -0.135. The first kappa shape index (κ1) is 29.4. The maximum atomic E-state index is 14.0. The van der Waals surface area contributed by atoms with Crippen molar-refractivity contribution in [3.05, 3.63) is 131 Å². The lowest BCUT2D eigenvalue weighted by Gasteiger charge is -2.41. The number of nitrogens with one attached hydrogen (secondary N) is 2. The van der Waals surface area contributed by atoms with Gasteiger partial charge in [-0.1, -0.05) is 84.9 Å². The van der Waals surface area contributed by atoms with Crippen molar-refractivity contribution in [3.8, 4) is 5.75 Å². The molecule has 3 amide bonds. The SMILES string of the molecule is CCOC(=O)c1cccc(NC(=O)NCC(=O)N(Cc2ccccc2)C2c3ccccc3OCC2Cc2ccccc2)c1. The maximum Gasteiger partial charge on any atom is 0.338 e. The van der Waals surface area contributed by atoms with Crippen molar-refractivity contribution < 1.29 is 23.9 Å². The van der Waals surface area contributed by atoms with Crippen LogP contribution in [-0.2, 0) is 22.5 Å². The molecule has 220 valence electrons. The van der Waals surface area contributed by atoms with Crippen LogP contribution in [-0.4, -0.2) is 42.6 Å². The van der Waals surface area contributed by atoms with E-state index in [1.807, 2.05) is 77.7 Å². The molecule has 4 aromatic rings. The van der Waals surface area contributed by atoms with E-state index in [1.165, 1.54) is 6.07 Å². The second kappa shape index (κ2) is 14.2. The van der Waals surface area contributed by atoms with E-state index in [0.717, 1.165) is 28.9 Å². The van der Waals surface area contributed by atoms with Crippen LogP contribution in [0.3, 0.4) is 0 Å². The molecule has 0 bridgehead atoms. The number of hydrogen-bond donors (Lipinski definition) is 2. The number of nitrogens with zero attached hydrogens (tertiary/aromatic N) is 1. The fourth-order valence-electron chi connectivity index (χ4n) is 5.40. The molecule has 0 aromatic heterocycles. The lowest BCUT2D eigenvalue weighted by Crippen LogP contribution is -2.47. The smallest absolute Gasteiger partial charge is 0.338 e. The van der Waals surface area contributed by atoms with Gasteiger partial charge in [-0.25, -0.2) is 9.59 Å². The number of esters is 1. The molecular formula is C35H35N3O5. The van der Waals surface area contributed by atoms with E-state index in [0.29, 0.717) is 24.4 Å². The highest BCUT2D eigenvalue weighted by atomic mass is 16.5. The number of anilines is 1. The van der Waals surface area contributed by atoms with Crippen molar-refractivity contribution in [3.63, 3.8) is 0 Å². The van der Waals surface area contributed by atoms with Gasteiger partial charge >= 0.3 is 12.0 Å². The standard InChI is InChI=1S/C35H35N3O5/c1-2-42-34(40)27-16-11-17-29(21-27)37-35(41)36-22-32(39)38(23-26-14-7-4-8-15-26)33-28(20-25-12-5-3-6-13-25)24-43-31-19-10-9-18-30(31)33/h3-19,21,28,33H,2,20,22-24H2,1H3,(H2,36,37,41). The van der Waals surface area contributed by atoms with Gasteiger partial charge in [0.1, 0.15) is 5.75 Å². The molecule has 2 N–H and O–H groups in total. The monoisotopic (exact) mass is 577 g/mol. The topological polar surface area (TPSA) is 97.0 Å². The van der Waals surface area contributed by atoms with E-state index in [1.54, 1.807) is 25.1 Å². The molecule has 4 aromatic carbocycles. The van der Waals surface area contributed by atoms with Gasteiger partial charge in [0.2, 0.25) is 5.91 Å². The average Bonchev–Trinajstić information content (AvgIpc) is 3.04. The molecule has 0 saturated heterocycles. The summed E-state index contributed by atoms with van der Waals surface area (Å²) in [6.45, 7) is 2.60. The zero-order valence-electron chi connectivity index (χ0n) is 24.1. The van der Waals surface area contributed by atoms with Crippen molar-refractivity contribution in [2.45, 2.75) is 25.9 Å². The van der Waals surface area contributed by atoms with Crippen molar-refractivity contribution in [2.75, 3.05) is 25.1 Å². The molecule has 1 aliphatic rings. The van der Waals surface area contributed by atoms with Crippen LogP contribution in [0.1, 0.15) is 40.0 Å². The number of hydrogen-bond acceptors (Lipinski definition) is 5. The lowest BCUT2D eigenvalue weighted by atomic mass is 9.84. The first-order valence-corrected chi connectivity index (χ1v) is 14.4. The number of para-hydroxylation sites is 1. The third-order valence-corrected chi connectivity index (χ3v) is 7.36. The van der Waals surface area contributed by atoms with Crippen LogP contribution in [0.5, 0.6) is 5.75 Å². The summed E-state index contributed by atoms with van der Waals surface area (Å²) in [7, 11) is 0. The van der Waals surface area contributed by atoms with Crippen LogP contribution >= 0.6 is 0 Å². The summed E-state index contributed by atoms with van der Waals surface area (Å²) in [5.74, 6) is 0.0541. The highest BCUT2D eigenvalue weighted by molar-refractivity contribution is 5.95. The second-order valence-corrected chi connectivity index (χ2v) is 10.4. The molecule has 0 aliphatic carbocycles. The first-order valence-electron chi connectivity index (χ1n) is 14.4. The van der Waals surface area contributed by atoms with Gasteiger partial charge in [0.05, 0.1) is 31.4 Å². The quantitative estimate of drug-likeness (QED) is 0.225. The Morgan fingerprint density at radius 3 is 2.30 bits per heavy atom. The molecule has 2 unspecified atom stereocenters. The fraction of sp³-hybridized carbons (Fsp3) is 0.229. The molecule has 43 heavy (non-hydrogen) atoms. The van der Waals surface area contributed by atoms with E-state index in [2.05, 4.69) is 22.8 Å². The number of carbonyl (C=O) groups excluding carboxylic acids is 3. The van der Waals surface area contributed by atoms with Crippen LogP contribution in [0.4, 0.5) is 10.5 Å². The number of urea groups is 1. The Morgan fingerprint density at radius 2 is 1.56 bits per heavy atom. The van der Waals surface area contributed by atoms with Crippen molar-refractivity contribution >= 4 is 23.6 Å². The van der Waals surface area contributed by atoms with Crippen LogP contribution in [0, 0.1) is 5.92 Å². The van der Waals surface area contributed by atoms with Gasteiger partial charge in [0.25, 0.3) is 0 Å². The minimum atomic E-state index is -0.553. The summed E-state index contributed by atoms with van der Waals surface area (Å²) in [4.78, 5) is 40.8. The van der Waals surface area contributed by atoms with E-state index in [-0.39, 0.29) is 31.0 Å². The van der Waals surface area contributed by atoms with E-state index < -0.39 is 12.0 Å². The van der Waals surface area contributed by atoms with Crippen LogP contribution in [0.2, 0.25) is 0 Å². The summed E-state index contributed by atoms with van der Waals surface area (Å²) in [5.41, 5.74) is 3.83. The summed E-state index contributed by atoms with van der Waals surface area (Å²) in [5, 5.41) is 5.42. The molecule has 8 heteroatoms. The van der Waals surface area contributed by atoms with Gasteiger partial charge in [0, 0.05) is 23.7 Å². The highest BCUT2D eigenvalue weighted by Crippen LogP contribution is 2.41. The zero-order chi connectivity index (χ0) is 30.0. The first-order chi connectivity index (χ1) is 21.0. The molecule has 2 atom stereocenters. The number of fused-ring (bicyclic) bond motifs is 1. The minimum absolute atomic E-state index is 0.00981. The average molecular weight is 578 g/mol.